The minimum atomic E-state index is -0.0882. The molecule has 0 aromatic heterocycles. The molecule has 0 saturated heterocycles. The molecule has 20 heavy (non-hydrogen) atoms. The Morgan fingerprint density at radius 1 is 1.45 bits per heavy atom. The van der Waals surface area contributed by atoms with E-state index in [9.17, 15) is 4.79 Å². The number of hydrogen-bond acceptors (Lipinski definition) is 3. The molecule has 0 unspecified atom stereocenters. The number of carbonyl (C=O) groups excluding carboxylic acids is 1. The SMILES string of the molecule is CCCOc1cccc(C(=O)N(CC(N)=S)C(C)C)c1. The molecule has 0 heterocycles. The van der Waals surface area contributed by atoms with Gasteiger partial charge in [-0.3, -0.25) is 4.79 Å². The van der Waals surface area contributed by atoms with Crippen molar-refractivity contribution in [3.05, 3.63) is 29.8 Å². The summed E-state index contributed by atoms with van der Waals surface area (Å²) in [7, 11) is 0. The van der Waals surface area contributed by atoms with Gasteiger partial charge >= 0.3 is 0 Å². The number of hydrogen-bond donors (Lipinski definition) is 1. The van der Waals surface area contributed by atoms with Crippen molar-refractivity contribution in [3.63, 3.8) is 0 Å². The normalized spacial score (nSPS) is 10.4. The molecule has 1 rings (SSSR count). The summed E-state index contributed by atoms with van der Waals surface area (Å²) < 4.78 is 5.55. The Hall–Kier alpha value is -1.62. The Morgan fingerprint density at radius 3 is 2.70 bits per heavy atom. The number of rotatable bonds is 7. The Bertz CT molecular complexity index is 475. The summed E-state index contributed by atoms with van der Waals surface area (Å²) in [5, 5.41) is 0. The van der Waals surface area contributed by atoms with E-state index in [4.69, 9.17) is 22.7 Å². The van der Waals surface area contributed by atoms with Gasteiger partial charge in [-0.25, -0.2) is 0 Å². The van der Waals surface area contributed by atoms with Crippen LogP contribution in [0.15, 0.2) is 24.3 Å². The second kappa shape index (κ2) is 7.85. The predicted molar refractivity (Wildman–Crippen MR) is 85.2 cm³/mol. The van der Waals surface area contributed by atoms with Gasteiger partial charge in [0.15, 0.2) is 0 Å². The van der Waals surface area contributed by atoms with E-state index in [1.807, 2.05) is 32.9 Å². The zero-order valence-corrected chi connectivity index (χ0v) is 13.1. The Kier molecular flexibility index (Phi) is 6.45. The van der Waals surface area contributed by atoms with Gasteiger partial charge in [0.2, 0.25) is 0 Å². The van der Waals surface area contributed by atoms with Crippen LogP contribution in [0.25, 0.3) is 0 Å². The third-order valence-electron chi connectivity index (χ3n) is 2.76. The summed E-state index contributed by atoms with van der Waals surface area (Å²) in [6.07, 6.45) is 0.928. The summed E-state index contributed by atoms with van der Waals surface area (Å²) in [5.74, 6) is 0.617. The van der Waals surface area contributed by atoms with Crippen LogP contribution in [0.4, 0.5) is 0 Å². The molecule has 1 aromatic carbocycles. The van der Waals surface area contributed by atoms with Crippen LogP contribution in [-0.2, 0) is 0 Å². The number of benzene rings is 1. The van der Waals surface area contributed by atoms with Crippen molar-refractivity contribution in [1.82, 2.24) is 4.90 Å². The minimum Gasteiger partial charge on any atom is -0.494 e. The lowest BCUT2D eigenvalue weighted by atomic mass is 10.1. The van der Waals surface area contributed by atoms with Crippen LogP contribution in [-0.4, -0.2) is 35.0 Å². The molecule has 0 bridgehead atoms. The Labute approximate surface area is 125 Å². The number of thiocarbonyl (C=S) groups is 1. The molecule has 1 aromatic rings. The molecule has 4 nitrogen and oxygen atoms in total. The average molecular weight is 294 g/mol. The van der Waals surface area contributed by atoms with Crippen LogP contribution in [0.3, 0.4) is 0 Å². The highest BCUT2D eigenvalue weighted by atomic mass is 32.1. The van der Waals surface area contributed by atoms with Gasteiger partial charge in [-0.2, -0.15) is 0 Å². The Morgan fingerprint density at radius 2 is 2.15 bits per heavy atom. The third-order valence-corrected chi connectivity index (χ3v) is 2.89. The van der Waals surface area contributed by atoms with Crippen molar-refractivity contribution < 1.29 is 9.53 Å². The van der Waals surface area contributed by atoms with Gasteiger partial charge in [-0.15, -0.1) is 0 Å². The molecule has 0 saturated carbocycles. The van der Waals surface area contributed by atoms with E-state index in [2.05, 4.69) is 0 Å². The lowest BCUT2D eigenvalue weighted by molar-refractivity contribution is 0.0735. The molecular formula is C15H22N2O2S. The van der Waals surface area contributed by atoms with Crippen LogP contribution in [0.1, 0.15) is 37.6 Å². The maximum Gasteiger partial charge on any atom is 0.254 e. The van der Waals surface area contributed by atoms with E-state index >= 15 is 0 Å². The topological polar surface area (TPSA) is 55.6 Å². The molecule has 0 spiro atoms. The van der Waals surface area contributed by atoms with Crippen LogP contribution >= 0.6 is 12.2 Å². The first-order valence-electron chi connectivity index (χ1n) is 6.77. The van der Waals surface area contributed by atoms with Crippen molar-refractivity contribution in [2.24, 2.45) is 5.73 Å². The van der Waals surface area contributed by atoms with Gasteiger partial charge in [0, 0.05) is 11.6 Å². The van der Waals surface area contributed by atoms with Crippen molar-refractivity contribution in [2.75, 3.05) is 13.2 Å². The highest BCUT2D eigenvalue weighted by Gasteiger charge is 2.19. The van der Waals surface area contributed by atoms with Crippen molar-refractivity contribution in [2.45, 2.75) is 33.2 Å². The first-order chi connectivity index (χ1) is 9.45. The molecule has 2 N–H and O–H groups in total. The van der Waals surface area contributed by atoms with Crippen LogP contribution in [0.2, 0.25) is 0 Å². The standard InChI is InChI=1S/C15H22N2O2S/c1-4-8-19-13-7-5-6-12(9-13)15(18)17(11(2)3)10-14(16)20/h5-7,9,11H,4,8,10H2,1-3H3,(H2,16,20). The van der Waals surface area contributed by atoms with Crippen molar-refractivity contribution in [1.29, 1.82) is 0 Å². The third kappa shape index (κ3) is 4.81. The summed E-state index contributed by atoms with van der Waals surface area (Å²) in [6.45, 7) is 6.84. The highest BCUT2D eigenvalue weighted by Crippen LogP contribution is 2.16. The molecule has 5 heteroatoms. The van der Waals surface area contributed by atoms with E-state index in [0.29, 0.717) is 22.9 Å². The zero-order chi connectivity index (χ0) is 15.1. The lowest BCUT2D eigenvalue weighted by Gasteiger charge is -2.26. The van der Waals surface area contributed by atoms with Crippen molar-refractivity contribution >= 4 is 23.1 Å². The average Bonchev–Trinajstić information content (AvgIpc) is 2.41. The van der Waals surface area contributed by atoms with Gasteiger partial charge < -0.3 is 15.4 Å². The van der Waals surface area contributed by atoms with E-state index in [1.165, 1.54) is 0 Å². The molecule has 0 atom stereocenters. The predicted octanol–water partition coefficient (Wildman–Crippen LogP) is 2.61. The van der Waals surface area contributed by atoms with Gasteiger partial charge in [0.1, 0.15) is 5.75 Å². The van der Waals surface area contributed by atoms with Crippen LogP contribution in [0.5, 0.6) is 5.75 Å². The van der Waals surface area contributed by atoms with Crippen LogP contribution < -0.4 is 10.5 Å². The van der Waals surface area contributed by atoms with Gasteiger partial charge in [-0.1, -0.05) is 25.2 Å². The fraction of sp³-hybridized carbons (Fsp3) is 0.467. The molecule has 0 aliphatic heterocycles. The smallest absolute Gasteiger partial charge is 0.254 e. The second-order valence-corrected chi connectivity index (χ2v) is 5.39. The van der Waals surface area contributed by atoms with Gasteiger partial charge in [0.25, 0.3) is 5.91 Å². The first-order valence-corrected chi connectivity index (χ1v) is 7.18. The number of amides is 1. The van der Waals surface area contributed by atoms with E-state index in [-0.39, 0.29) is 18.5 Å². The monoisotopic (exact) mass is 294 g/mol. The summed E-state index contributed by atoms with van der Waals surface area (Å²) in [4.78, 5) is 14.5. The van der Waals surface area contributed by atoms with E-state index < -0.39 is 0 Å². The molecular weight excluding hydrogens is 272 g/mol. The maximum atomic E-state index is 12.5. The molecule has 0 aliphatic carbocycles. The Balaban J connectivity index is 2.91. The highest BCUT2D eigenvalue weighted by molar-refractivity contribution is 7.80. The van der Waals surface area contributed by atoms with Gasteiger partial charge in [-0.05, 0) is 38.5 Å². The molecule has 110 valence electrons. The van der Waals surface area contributed by atoms with E-state index in [0.717, 1.165) is 6.42 Å². The molecule has 0 radical (unpaired) electrons. The van der Waals surface area contributed by atoms with E-state index in [1.54, 1.807) is 17.0 Å². The lowest BCUT2D eigenvalue weighted by Crippen LogP contribution is -2.42. The first kappa shape index (κ1) is 16.4. The summed E-state index contributed by atoms with van der Waals surface area (Å²) >= 11 is 4.90. The maximum absolute atomic E-state index is 12.5. The van der Waals surface area contributed by atoms with Crippen LogP contribution in [0, 0.1) is 0 Å². The number of nitrogens with zero attached hydrogens (tertiary/aromatic N) is 1. The fourth-order valence-electron chi connectivity index (χ4n) is 1.76. The molecule has 0 aliphatic rings. The van der Waals surface area contributed by atoms with Gasteiger partial charge in [0.05, 0.1) is 18.1 Å². The summed E-state index contributed by atoms with van der Waals surface area (Å²) in [6, 6.07) is 7.23. The molecule has 0 fully saturated rings. The quantitative estimate of drug-likeness (QED) is 0.785. The summed E-state index contributed by atoms with van der Waals surface area (Å²) in [5.41, 5.74) is 6.14. The number of ether oxygens (including phenoxy) is 1. The zero-order valence-electron chi connectivity index (χ0n) is 12.3. The largest absolute Gasteiger partial charge is 0.494 e. The number of carbonyl (C=O) groups is 1. The minimum absolute atomic E-state index is 0.0317. The van der Waals surface area contributed by atoms with Crippen molar-refractivity contribution in [3.8, 4) is 5.75 Å². The fourth-order valence-corrected chi connectivity index (χ4v) is 1.90. The second-order valence-electron chi connectivity index (χ2n) is 4.87. The number of nitrogens with two attached hydrogens (primary N) is 1. The molecule has 1 amide bonds.